The summed E-state index contributed by atoms with van der Waals surface area (Å²) < 4.78 is 3.97. The Balaban J connectivity index is 2.15. The third kappa shape index (κ3) is 2.34. The zero-order chi connectivity index (χ0) is 13.1. The molecule has 2 heterocycles. The third-order valence-corrected chi connectivity index (χ3v) is 3.59. The summed E-state index contributed by atoms with van der Waals surface area (Å²) in [6.07, 6.45) is 1.82. The Kier molecular flexibility index (Phi) is 3.48. The van der Waals surface area contributed by atoms with Gasteiger partial charge in [-0.1, -0.05) is 29.6 Å². The Morgan fingerprint density at radius 2 is 2.21 bits per heavy atom. The number of hydrogen-bond acceptors (Lipinski definition) is 5. The molecule has 0 fully saturated rings. The van der Waals surface area contributed by atoms with E-state index in [9.17, 15) is 0 Å². The van der Waals surface area contributed by atoms with Crippen molar-refractivity contribution in [3.63, 3.8) is 0 Å². The van der Waals surface area contributed by atoms with Crippen LogP contribution in [-0.2, 0) is 0 Å². The van der Waals surface area contributed by atoms with E-state index in [2.05, 4.69) is 38.9 Å². The van der Waals surface area contributed by atoms with Crippen molar-refractivity contribution in [2.24, 2.45) is 0 Å². The lowest BCUT2D eigenvalue weighted by molar-refractivity contribution is 0.617. The van der Waals surface area contributed by atoms with Gasteiger partial charge in [0.2, 0.25) is 0 Å². The summed E-state index contributed by atoms with van der Waals surface area (Å²) in [4.78, 5) is 4.40. The summed E-state index contributed by atoms with van der Waals surface area (Å²) in [5, 5.41) is 10.8. The number of nitrogens with zero attached hydrogens (tertiary/aromatic N) is 3. The van der Waals surface area contributed by atoms with E-state index < -0.39 is 0 Å². The molecule has 2 aromatic heterocycles. The molecule has 1 aromatic carbocycles. The van der Waals surface area contributed by atoms with Crippen LogP contribution in [0.2, 0.25) is 0 Å². The molecular weight excluding hydrogens is 256 g/mol. The van der Waals surface area contributed by atoms with Crippen LogP contribution in [0.4, 0.5) is 0 Å². The van der Waals surface area contributed by atoms with Gasteiger partial charge in [-0.2, -0.15) is 0 Å². The molecule has 0 aliphatic carbocycles. The first-order valence-electron chi connectivity index (χ1n) is 6.24. The summed E-state index contributed by atoms with van der Waals surface area (Å²) in [7, 11) is 0. The lowest BCUT2D eigenvalue weighted by Crippen LogP contribution is -2.22. The van der Waals surface area contributed by atoms with Crippen molar-refractivity contribution in [2.75, 3.05) is 6.54 Å². The summed E-state index contributed by atoms with van der Waals surface area (Å²) in [6, 6.07) is 10.3. The van der Waals surface area contributed by atoms with Crippen LogP contribution in [-0.4, -0.2) is 21.1 Å². The second kappa shape index (κ2) is 5.42. The average molecular weight is 270 g/mol. The maximum Gasteiger partial charge on any atom is 0.0970 e. The van der Waals surface area contributed by atoms with Crippen LogP contribution >= 0.6 is 11.5 Å². The highest BCUT2D eigenvalue weighted by Gasteiger charge is 2.18. The Labute approximate surface area is 115 Å². The number of hydrogen-bond donors (Lipinski definition) is 1. The molecule has 3 aromatic rings. The Morgan fingerprint density at radius 3 is 3.00 bits per heavy atom. The summed E-state index contributed by atoms with van der Waals surface area (Å²) in [6.45, 7) is 2.97. The van der Waals surface area contributed by atoms with Crippen LogP contribution in [0.5, 0.6) is 0 Å². The van der Waals surface area contributed by atoms with Crippen molar-refractivity contribution in [1.82, 2.24) is 19.9 Å². The largest absolute Gasteiger partial charge is 0.305 e. The lowest BCUT2D eigenvalue weighted by atomic mass is 9.99. The van der Waals surface area contributed by atoms with Gasteiger partial charge < -0.3 is 5.32 Å². The van der Waals surface area contributed by atoms with Crippen LogP contribution in [0.15, 0.2) is 41.9 Å². The van der Waals surface area contributed by atoms with E-state index in [0.717, 1.165) is 23.1 Å². The summed E-state index contributed by atoms with van der Waals surface area (Å²) in [5.41, 5.74) is 3.16. The molecule has 5 heteroatoms. The van der Waals surface area contributed by atoms with Crippen molar-refractivity contribution in [3.05, 3.63) is 53.2 Å². The second-order valence-corrected chi connectivity index (χ2v) is 4.85. The van der Waals surface area contributed by atoms with Crippen molar-refractivity contribution < 1.29 is 0 Å². The van der Waals surface area contributed by atoms with Gasteiger partial charge in [-0.15, -0.1) is 5.10 Å². The number of rotatable bonds is 4. The quantitative estimate of drug-likeness (QED) is 0.792. The van der Waals surface area contributed by atoms with Gasteiger partial charge in [0.05, 0.1) is 17.3 Å². The number of pyridine rings is 1. The molecule has 1 unspecified atom stereocenters. The first kappa shape index (κ1) is 12.2. The predicted molar refractivity (Wildman–Crippen MR) is 77.2 cm³/mol. The highest BCUT2D eigenvalue weighted by molar-refractivity contribution is 7.03. The van der Waals surface area contributed by atoms with Crippen LogP contribution in [0.3, 0.4) is 0 Å². The number of nitrogens with one attached hydrogen (secondary N) is 1. The average Bonchev–Trinajstić information content (AvgIpc) is 2.98. The molecule has 0 aliphatic rings. The van der Waals surface area contributed by atoms with Crippen LogP contribution in [0.1, 0.15) is 24.2 Å². The third-order valence-electron chi connectivity index (χ3n) is 3.07. The second-order valence-electron chi connectivity index (χ2n) is 4.24. The summed E-state index contributed by atoms with van der Waals surface area (Å²) >= 11 is 1.38. The van der Waals surface area contributed by atoms with Crippen LogP contribution in [0, 0.1) is 0 Å². The van der Waals surface area contributed by atoms with Gasteiger partial charge in [0.15, 0.2) is 0 Å². The molecule has 3 rings (SSSR count). The Bertz CT molecular complexity index is 661. The molecule has 0 saturated heterocycles. The smallest absolute Gasteiger partial charge is 0.0970 e. The molecule has 1 atom stereocenters. The SMILES string of the molecule is CCNC(c1csnn1)c1cccc2ncccc12. The first-order valence-corrected chi connectivity index (χ1v) is 7.07. The van der Waals surface area contributed by atoms with E-state index in [0.29, 0.717) is 0 Å². The van der Waals surface area contributed by atoms with Gasteiger partial charge in [-0.3, -0.25) is 4.98 Å². The van der Waals surface area contributed by atoms with E-state index in [1.807, 2.05) is 29.8 Å². The highest BCUT2D eigenvalue weighted by atomic mass is 32.1. The minimum Gasteiger partial charge on any atom is -0.305 e. The van der Waals surface area contributed by atoms with Crippen molar-refractivity contribution >= 4 is 22.4 Å². The predicted octanol–water partition coefficient (Wildman–Crippen LogP) is 2.79. The van der Waals surface area contributed by atoms with Crippen molar-refractivity contribution in [3.8, 4) is 0 Å². The molecule has 0 bridgehead atoms. The zero-order valence-electron chi connectivity index (χ0n) is 10.6. The Morgan fingerprint density at radius 1 is 1.26 bits per heavy atom. The first-order chi connectivity index (χ1) is 9.40. The fraction of sp³-hybridized carbons (Fsp3) is 0.214. The highest BCUT2D eigenvalue weighted by Crippen LogP contribution is 2.27. The van der Waals surface area contributed by atoms with Gasteiger partial charge in [0.1, 0.15) is 0 Å². The maximum atomic E-state index is 4.40. The Hall–Kier alpha value is -1.85. The van der Waals surface area contributed by atoms with Crippen molar-refractivity contribution in [1.29, 1.82) is 0 Å². The molecule has 0 amide bonds. The van der Waals surface area contributed by atoms with E-state index in [-0.39, 0.29) is 6.04 Å². The van der Waals surface area contributed by atoms with Gasteiger partial charge in [-0.05, 0) is 35.8 Å². The standard InChI is InChI=1S/C14H14N4S/c1-2-15-14(13-9-19-18-17-13)11-5-3-7-12-10(11)6-4-8-16-12/h3-9,14-15H,2H2,1H3. The van der Waals surface area contributed by atoms with E-state index in [1.54, 1.807) is 0 Å². The number of fused-ring (bicyclic) bond motifs is 1. The molecule has 0 radical (unpaired) electrons. The summed E-state index contributed by atoms with van der Waals surface area (Å²) in [5.74, 6) is 0. The molecule has 4 nitrogen and oxygen atoms in total. The topological polar surface area (TPSA) is 50.7 Å². The molecule has 1 N–H and O–H groups in total. The maximum absolute atomic E-state index is 4.40. The fourth-order valence-electron chi connectivity index (χ4n) is 2.25. The van der Waals surface area contributed by atoms with Gasteiger partial charge in [0.25, 0.3) is 0 Å². The van der Waals surface area contributed by atoms with Crippen molar-refractivity contribution in [2.45, 2.75) is 13.0 Å². The van der Waals surface area contributed by atoms with E-state index in [4.69, 9.17) is 0 Å². The number of benzene rings is 1. The molecule has 19 heavy (non-hydrogen) atoms. The monoisotopic (exact) mass is 270 g/mol. The van der Waals surface area contributed by atoms with Gasteiger partial charge >= 0.3 is 0 Å². The molecule has 96 valence electrons. The van der Waals surface area contributed by atoms with Gasteiger partial charge in [-0.25, -0.2) is 0 Å². The normalized spacial score (nSPS) is 12.7. The minimum atomic E-state index is 0.0663. The van der Waals surface area contributed by atoms with Crippen LogP contribution in [0.25, 0.3) is 10.9 Å². The zero-order valence-corrected chi connectivity index (χ0v) is 11.4. The van der Waals surface area contributed by atoms with Crippen LogP contribution < -0.4 is 5.32 Å². The lowest BCUT2D eigenvalue weighted by Gasteiger charge is -2.17. The molecule has 0 spiro atoms. The fourth-order valence-corrected chi connectivity index (χ4v) is 2.73. The van der Waals surface area contributed by atoms with Gasteiger partial charge in [0, 0.05) is 17.0 Å². The molecule has 0 aliphatic heterocycles. The minimum absolute atomic E-state index is 0.0663. The molecular formula is C14H14N4S. The van der Waals surface area contributed by atoms with E-state index >= 15 is 0 Å². The molecule has 0 saturated carbocycles. The van der Waals surface area contributed by atoms with E-state index in [1.165, 1.54) is 17.1 Å². The number of aromatic nitrogens is 3.